The van der Waals surface area contributed by atoms with Gasteiger partial charge in [-0.25, -0.2) is 5.14 Å². The molecule has 0 aliphatic heterocycles. The van der Waals surface area contributed by atoms with Crippen LogP contribution in [0.1, 0.15) is 49.7 Å². The molecule has 0 saturated heterocycles. The molecule has 4 rings (SSSR count). The average Bonchev–Trinajstić information content (AvgIpc) is 2.83. The fourth-order valence-corrected chi connectivity index (χ4v) is 6.45. The van der Waals surface area contributed by atoms with E-state index in [4.69, 9.17) is 14.1 Å². The molecular weight excluding hydrogens is 354 g/mol. The quantitative estimate of drug-likeness (QED) is 0.869. The first kappa shape index (κ1) is 17.9. The third-order valence-electron chi connectivity index (χ3n) is 7.00. The maximum Gasteiger partial charge on any atom is 0.333 e. The number of hydrogen-bond acceptors (Lipinski definition) is 5. The lowest BCUT2D eigenvalue weighted by Crippen LogP contribution is -2.49. The topological polar surface area (TPSA) is 95.7 Å². The number of aryl methyl sites for hydroxylation is 1. The monoisotopic (exact) mass is 379 g/mol. The van der Waals surface area contributed by atoms with Gasteiger partial charge in [-0.15, -0.1) is 0 Å². The molecule has 0 heterocycles. The number of fused-ring (bicyclic) bond motifs is 5. The van der Waals surface area contributed by atoms with Gasteiger partial charge < -0.3 is 4.74 Å². The van der Waals surface area contributed by atoms with Gasteiger partial charge in [0.15, 0.2) is 0 Å². The van der Waals surface area contributed by atoms with Crippen molar-refractivity contribution in [1.29, 1.82) is 0 Å². The van der Waals surface area contributed by atoms with E-state index < -0.39 is 21.8 Å². The molecule has 6 nitrogen and oxygen atoms in total. The minimum absolute atomic E-state index is 0.111. The SMILES string of the molecule is COc1ccc2c(c1)CC[C@@H]1[C@@H]2CC[C@H]2C(=O)C[C@H](OS(N)(=O)=O)[C@]12C. The molecule has 3 aliphatic carbocycles. The third kappa shape index (κ3) is 2.68. The summed E-state index contributed by atoms with van der Waals surface area (Å²) in [6, 6.07) is 6.20. The first-order valence-corrected chi connectivity index (χ1v) is 10.6. The van der Waals surface area contributed by atoms with Crippen molar-refractivity contribution in [3.63, 3.8) is 0 Å². The maximum atomic E-state index is 12.6. The molecule has 3 aliphatic rings. The number of hydrogen-bond donors (Lipinski definition) is 1. The lowest BCUT2D eigenvalue weighted by Gasteiger charge is -2.52. The molecule has 0 amide bonds. The van der Waals surface area contributed by atoms with E-state index in [-0.39, 0.29) is 24.0 Å². The molecule has 7 heteroatoms. The summed E-state index contributed by atoms with van der Waals surface area (Å²) in [5, 5.41) is 5.14. The van der Waals surface area contributed by atoms with Crippen LogP contribution in [-0.2, 0) is 25.7 Å². The molecular formula is C19H25NO5S. The molecule has 2 saturated carbocycles. The van der Waals surface area contributed by atoms with Crippen molar-refractivity contribution in [2.24, 2.45) is 22.4 Å². The van der Waals surface area contributed by atoms with Crippen LogP contribution in [0.5, 0.6) is 5.75 Å². The number of benzene rings is 1. The molecule has 0 radical (unpaired) electrons. The molecule has 2 N–H and O–H groups in total. The predicted octanol–water partition coefficient (Wildman–Crippen LogP) is 2.32. The number of carbonyl (C=O) groups excluding carboxylic acids is 1. The van der Waals surface area contributed by atoms with E-state index in [0.717, 1.165) is 31.4 Å². The largest absolute Gasteiger partial charge is 0.497 e. The number of methoxy groups -OCH3 is 1. The minimum Gasteiger partial charge on any atom is -0.497 e. The van der Waals surface area contributed by atoms with Crippen LogP contribution in [0.25, 0.3) is 0 Å². The Hall–Kier alpha value is -1.44. The van der Waals surface area contributed by atoms with Crippen LogP contribution in [0, 0.1) is 17.3 Å². The lowest BCUT2D eigenvalue weighted by molar-refractivity contribution is -0.125. The highest BCUT2D eigenvalue weighted by atomic mass is 32.2. The summed E-state index contributed by atoms with van der Waals surface area (Å²) in [5.74, 6) is 1.34. The molecule has 1 aromatic rings. The van der Waals surface area contributed by atoms with Crippen molar-refractivity contribution in [2.75, 3.05) is 7.11 Å². The van der Waals surface area contributed by atoms with Gasteiger partial charge in [0.1, 0.15) is 11.5 Å². The van der Waals surface area contributed by atoms with Crippen molar-refractivity contribution in [2.45, 2.75) is 51.0 Å². The fraction of sp³-hybridized carbons (Fsp3) is 0.632. The minimum atomic E-state index is -4.10. The van der Waals surface area contributed by atoms with Crippen molar-refractivity contribution in [3.05, 3.63) is 29.3 Å². The summed E-state index contributed by atoms with van der Waals surface area (Å²) in [6.45, 7) is 2.03. The van der Waals surface area contributed by atoms with Gasteiger partial charge in [-0.1, -0.05) is 13.0 Å². The third-order valence-corrected chi connectivity index (χ3v) is 7.50. The highest BCUT2D eigenvalue weighted by Gasteiger charge is 2.61. The summed E-state index contributed by atoms with van der Waals surface area (Å²) < 4.78 is 33.7. The zero-order chi connectivity index (χ0) is 18.7. The molecule has 1 aromatic carbocycles. The summed E-state index contributed by atoms with van der Waals surface area (Å²) in [5.41, 5.74) is 2.10. The van der Waals surface area contributed by atoms with E-state index in [9.17, 15) is 13.2 Å². The van der Waals surface area contributed by atoms with Crippen LogP contribution in [0.4, 0.5) is 0 Å². The van der Waals surface area contributed by atoms with Crippen LogP contribution in [-0.4, -0.2) is 27.4 Å². The second kappa shape index (κ2) is 6.04. The molecule has 142 valence electrons. The Labute approximate surface area is 154 Å². The zero-order valence-corrected chi connectivity index (χ0v) is 15.9. The lowest BCUT2D eigenvalue weighted by atomic mass is 9.53. The van der Waals surface area contributed by atoms with Gasteiger partial charge in [-0.3, -0.25) is 8.98 Å². The van der Waals surface area contributed by atoms with Crippen LogP contribution >= 0.6 is 0 Å². The predicted molar refractivity (Wildman–Crippen MR) is 96.0 cm³/mol. The molecule has 0 bridgehead atoms. The number of carbonyl (C=O) groups is 1. The van der Waals surface area contributed by atoms with Crippen LogP contribution in [0.15, 0.2) is 18.2 Å². The summed E-state index contributed by atoms with van der Waals surface area (Å²) >= 11 is 0. The van der Waals surface area contributed by atoms with Crippen LogP contribution < -0.4 is 9.88 Å². The molecule has 0 unspecified atom stereocenters. The Bertz CT molecular complexity index is 851. The number of nitrogens with two attached hydrogens (primary N) is 1. The Kier molecular flexibility index (Phi) is 4.17. The highest BCUT2D eigenvalue weighted by molar-refractivity contribution is 7.84. The summed E-state index contributed by atoms with van der Waals surface area (Å²) in [4.78, 5) is 12.6. The van der Waals surface area contributed by atoms with E-state index in [1.165, 1.54) is 11.1 Å². The van der Waals surface area contributed by atoms with Crippen molar-refractivity contribution in [3.8, 4) is 5.75 Å². The van der Waals surface area contributed by atoms with E-state index >= 15 is 0 Å². The maximum absolute atomic E-state index is 12.6. The van der Waals surface area contributed by atoms with Gasteiger partial charge >= 0.3 is 10.3 Å². The van der Waals surface area contributed by atoms with E-state index in [1.807, 2.05) is 13.0 Å². The first-order valence-electron chi connectivity index (χ1n) is 9.14. The zero-order valence-electron chi connectivity index (χ0n) is 15.1. The second-order valence-electron chi connectivity index (χ2n) is 8.06. The van der Waals surface area contributed by atoms with Crippen LogP contribution in [0.2, 0.25) is 0 Å². The second-order valence-corrected chi connectivity index (χ2v) is 9.24. The molecule has 2 fully saturated rings. The normalized spacial score (nSPS) is 36.2. The Morgan fingerprint density at radius 3 is 2.69 bits per heavy atom. The molecule has 0 spiro atoms. The number of ketones is 1. The van der Waals surface area contributed by atoms with Crippen molar-refractivity contribution >= 4 is 16.1 Å². The van der Waals surface area contributed by atoms with Gasteiger partial charge in [0.05, 0.1) is 13.2 Å². The van der Waals surface area contributed by atoms with Crippen molar-refractivity contribution in [1.82, 2.24) is 0 Å². The number of Topliss-reactive ketones (excluding diaryl/α,β-unsaturated/α-hetero) is 1. The summed E-state index contributed by atoms with van der Waals surface area (Å²) in [7, 11) is -2.43. The molecule has 5 atom stereocenters. The smallest absolute Gasteiger partial charge is 0.333 e. The molecule has 0 aromatic heterocycles. The van der Waals surface area contributed by atoms with Crippen molar-refractivity contribution < 1.29 is 22.1 Å². The van der Waals surface area contributed by atoms with Gasteiger partial charge in [-0.05, 0) is 60.8 Å². The summed E-state index contributed by atoms with van der Waals surface area (Å²) in [6.07, 6.45) is 2.99. The average molecular weight is 379 g/mol. The van der Waals surface area contributed by atoms with E-state index in [2.05, 4.69) is 12.1 Å². The highest BCUT2D eigenvalue weighted by Crippen LogP contribution is 2.62. The Morgan fingerprint density at radius 2 is 2.00 bits per heavy atom. The van der Waals surface area contributed by atoms with Gasteiger partial charge in [0.2, 0.25) is 0 Å². The Morgan fingerprint density at radius 1 is 1.23 bits per heavy atom. The van der Waals surface area contributed by atoms with E-state index in [1.54, 1.807) is 7.11 Å². The van der Waals surface area contributed by atoms with Crippen LogP contribution in [0.3, 0.4) is 0 Å². The fourth-order valence-electron chi connectivity index (χ4n) is 5.85. The number of ether oxygens (including phenoxy) is 1. The first-order chi connectivity index (χ1) is 12.2. The van der Waals surface area contributed by atoms with Gasteiger partial charge in [0.25, 0.3) is 0 Å². The van der Waals surface area contributed by atoms with E-state index in [0.29, 0.717) is 5.92 Å². The van der Waals surface area contributed by atoms with Gasteiger partial charge in [0, 0.05) is 17.8 Å². The van der Waals surface area contributed by atoms with Gasteiger partial charge in [-0.2, -0.15) is 8.42 Å². The number of rotatable bonds is 3. The standard InChI is InChI=1S/C19H25NO5S/c1-19-15-7-3-11-9-12(24-2)4-5-13(11)14(15)6-8-16(19)17(21)10-18(19)25-26(20,22)23/h4-5,9,14-16,18H,3,6-8,10H2,1-2H3,(H2,20,22,23)/t14-,15-,16+,18+,19-/m1/s1. The molecule has 26 heavy (non-hydrogen) atoms. The Balaban J connectivity index is 1.73.